The van der Waals surface area contributed by atoms with Gasteiger partial charge in [0.2, 0.25) is 5.91 Å². The molecule has 1 rings (SSSR count). The maximum absolute atomic E-state index is 12.1. The first-order chi connectivity index (χ1) is 11.4. The van der Waals surface area contributed by atoms with Crippen molar-refractivity contribution in [3.63, 3.8) is 0 Å². The minimum atomic E-state index is -4.29. The maximum Gasteiger partial charge on any atom is 0.407 e. The Morgan fingerprint density at radius 1 is 1.24 bits per heavy atom. The zero-order valence-electron chi connectivity index (χ0n) is 14.9. The standard InChI is InChI=1S/C14H28N4O6S/c1-14(2,3)24-13(20)16-4-5-17-6-8-18(9-7-17)12(19)11(15)10-25(21,22)23/h11H,4-10,15H2,1-3H3,(H,16,20)(H,21,22,23)/t11-/m0/s1. The third-order valence-electron chi connectivity index (χ3n) is 3.49. The number of carbonyl (C=O) groups excluding carboxylic acids is 2. The molecule has 2 amide bonds. The fourth-order valence-electron chi connectivity index (χ4n) is 2.35. The minimum absolute atomic E-state index is 0.407. The second kappa shape index (κ2) is 8.79. The summed E-state index contributed by atoms with van der Waals surface area (Å²) in [6.07, 6.45) is -0.475. The molecule has 11 heteroatoms. The number of rotatable bonds is 6. The lowest BCUT2D eigenvalue weighted by Crippen LogP contribution is -2.55. The van der Waals surface area contributed by atoms with Gasteiger partial charge in [-0.3, -0.25) is 14.2 Å². The average Bonchev–Trinajstić information content (AvgIpc) is 2.43. The second-order valence-corrected chi connectivity index (χ2v) is 8.45. The van der Waals surface area contributed by atoms with E-state index in [-0.39, 0.29) is 0 Å². The van der Waals surface area contributed by atoms with Crippen LogP contribution in [-0.4, -0.2) is 91.4 Å². The van der Waals surface area contributed by atoms with Crippen molar-refractivity contribution in [3.8, 4) is 0 Å². The predicted molar refractivity (Wildman–Crippen MR) is 91.6 cm³/mol. The van der Waals surface area contributed by atoms with Gasteiger partial charge in [0.15, 0.2) is 0 Å². The Bertz CT molecular complexity index is 566. The van der Waals surface area contributed by atoms with E-state index >= 15 is 0 Å². The normalized spacial score (nSPS) is 17.9. The number of hydrogen-bond acceptors (Lipinski definition) is 7. The second-order valence-electron chi connectivity index (χ2n) is 6.95. The van der Waals surface area contributed by atoms with Gasteiger partial charge in [-0.05, 0) is 20.8 Å². The van der Waals surface area contributed by atoms with Crippen LogP contribution in [-0.2, 0) is 19.6 Å². The molecule has 1 fully saturated rings. The largest absolute Gasteiger partial charge is 0.444 e. The molecule has 0 unspecified atom stereocenters. The molecular formula is C14H28N4O6S. The van der Waals surface area contributed by atoms with Gasteiger partial charge in [0.1, 0.15) is 11.6 Å². The first-order valence-corrected chi connectivity index (χ1v) is 9.67. The molecule has 0 bridgehead atoms. The van der Waals surface area contributed by atoms with Crippen molar-refractivity contribution >= 4 is 22.1 Å². The molecule has 0 aromatic carbocycles. The van der Waals surface area contributed by atoms with E-state index in [2.05, 4.69) is 10.2 Å². The summed E-state index contributed by atoms with van der Waals surface area (Å²) in [6.45, 7) is 8.37. The summed E-state index contributed by atoms with van der Waals surface area (Å²) < 4.78 is 35.5. The Morgan fingerprint density at radius 3 is 2.28 bits per heavy atom. The van der Waals surface area contributed by atoms with Crippen molar-refractivity contribution in [2.24, 2.45) is 5.73 Å². The van der Waals surface area contributed by atoms with Crippen molar-refractivity contribution in [1.29, 1.82) is 0 Å². The lowest BCUT2D eigenvalue weighted by Gasteiger charge is -2.35. The zero-order valence-corrected chi connectivity index (χ0v) is 15.7. The summed E-state index contributed by atoms with van der Waals surface area (Å²) in [4.78, 5) is 27.1. The van der Waals surface area contributed by atoms with Gasteiger partial charge in [0, 0.05) is 39.3 Å². The molecule has 1 saturated heterocycles. The predicted octanol–water partition coefficient (Wildman–Crippen LogP) is -1.13. The topological polar surface area (TPSA) is 142 Å². The van der Waals surface area contributed by atoms with Crippen LogP contribution in [0.25, 0.3) is 0 Å². The molecule has 25 heavy (non-hydrogen) atoms. The molecule has 0 aromatic rings. The van der Waals surface area contributed by atoms with Crippen molar-refractivity contribution in [2.75, 3.05) is 45.0 Å². The molecule has 0 aromatic heterocycles. The first-order valence-electron chi connectivity index (χ1n) is 8.06. The number of nitrogens with two attached hydrogens (primary N) is 1. The third kappa shape index (κ3) is 9.00. The lowest BCUT2D eigenvalue weighted by atomic mass is 10.2. The van der Waals surface area contributed by atoms with E-state index < -0.39 is 39.5 Å². The van der Waals surface area contributed by atoms with Gasteiger partial charge in [-0.2, -0.15) is 8.42 Å². The number of nitrogens with zero attached hydrogens (tertiary/aromatic N) is 2. The Labute approximate surface area is 148 Å². The van der Waals surface area contributed by atoms with Crippen LogP contribution in [0.5, 0.6) is 0 Å². The summed E-state index contributed by atoms with van der Waals surface area (Å²) in [5.41, 5.74) is 4.98. The smallest absolute Gasteiger partial charge is 0.407 e. The molecule has 146 valence electrons. The fourth-order valence-corrected chi connectivity index (χ4v) is 2.95. The van der Waals surface area contributed by atoms with Crippen LogP contribution in [0.4, 0.5) is 4.79 Å². The van der Waals surface area contributed by atoms with Crippen molar-refractivity contribution in [2.45, 2.75) is 32.4 Å². The molecule has 1 aliphatic rings. The van der Waals surface area contributed by atoms with Gasteiger partial charge in [-0.15, -0.1) is 0 Å². The molecule has 0 saturated carbocycles. The number of alkyl carbamates (subject to hydrolysis) is 1. The summed E-state index contributed by atoms with van der Waals surface area (Å²) in [5.74, 6) is -1.28. The van der Waals surface area contributed by atoms with Gasteiger partial charge in [0.25, 0.3) is 10.1 Å². The van der Waals surface area contributed by atoms with Gasteiger partial charge >= 0.3 is 6.09 Å². The summed E-state index contributed by atoms with van der Waals surface area (Å²) in [7, 11) is -4.29. The van der Waals surface area contributed by atoms with E-state index in [1.165, 1.54) is 4.90 Å². The number of hydrogen-bond donors (Lipinski definition) is 3. The molecule has 4 N–H and O–H groups in total. The number of carbonyl (C=O) groups is 2. The molecule has 10 nitrogen and oxygen atoms in total. The molecule has 1 aliphatic heterocycles. The third-order valence-corrected chi connectivity index (χ3v) is 4.27. The van der Waals surface area contributed by atoms with E-state index in [4.69, 9.17) is 15.0 Å². The van der Waals surface area contributed by atoms with E-state index in [0.29, 0.717) is 39.3 Å². The fraction of sp³-hybridized carbons (Fsp3) is 0.857. The van der Waals surface area contributed by atoms with Crippen LogP contribution in [0.2, 0.25) is 0 Å². The molecule has 1 heterocycles. The highest BCUT2D eigenvalue weighted by atomic mass is 32.2. The minimum Gasteiger partial charge on any atom is -0.444 e. The Kier molecular flexibility index (Phi) is 7.60. The molecule has 0 radical (unpaired) electrons. The summed E-state index contributed by atoms with van der Waals surface area (Å²) >= 11 is 0. The van der Waals surface area contributed by atoms with Gasteiger partial charge in [-0.1, -0.05) is 0 Å². The molecule has 1 atom stereocenters. The molecule has 0 spiro atoms. The number of amides is 2. The summed E-state index contributed by atoms with van der Waals surface area (Å²) in [6, 6.07) is -1.27. The maximum atomic E-state index is 12.1. The highest BCUT2D eigenvalue weighted by molar-refractivity contribution is 7.85. The van der Waals surface area contributed by atoms with Crippen LogP contribution in [0.3, 0.4) is 0 Å². The van der Waals surface area contributed by atoms with Crippen LogP contribution >= 0.6 is 0 Å². The lowest BCUT2D eigenvalue weighted by molar-refractivity contribution is -0.133. The van der Waals surface area contributed by atoms with Crippen molar-refractivity contribution in [3.05, 3.63) is 0 Å². The first kappa shape index (κ1) is 21.6. The number of ether oxygens (including phenoxy) is 1. The van der Waals surface area contributed by atoms with Crippen LogP contribution < -0.4 is 11.1 Å². The van der Waals surface area contributed by atoms with Crippen molar-refractivity contribution < 1.29 is 27.3 Å². The van der Waals surface area contributed by atoms with E-state index in [1.54, 1.807) is 20.8 Å². The molecule has 0 aliphatic carbocycles. The Balaban J connectivity index is 2.29. The van der Waals surface area contributed by atoms with Gasteiger partial charge in [-0.25, -0.2) is 4.79 Å². The van der Waals surface area contributed by atoms with Gasteiger partial charge in [0.05, 0.1) is 5.75 Å². The summed E-state index contributed by atoms with van der Waals surface area (Å²) in [5, 5.41) is 2.67. The quantitative estimate of drug-likeness (QED) is 0.491. The van der Waals surface area contributed by atoms with E-state index in [9.17, 15) is 18.0 Å². The SMILES string of the molecule is CC(C)(C)OC(=O)NCCN1CCN(C(=O)[C@@H](N)CS(=O)(=O)O)CC1. The van der Waals surface area contributed by atoms with Crippen LogP contribution in [0.15, 0.2) is 0 Å². The van der Waals surface area contributed by atoms with E-state index in [0.717, 1.165) is 0 Å². The van der Waals surface area contributed by atoms with Crippen molar-refractivity contribution in [1.82, 2.24) is 15.1 Å². The highest BCUT2D eigenvalue weighted by Crippen LogP contribution is 2.07. The zero-order chi connectivity index (χ0) is 19.3. The Hall–Kier alpha value is -1.43. The highest BCUT2D eigenvalue weighted by Gasteiger charge is 2.28. The van der Waals surface area contributed by atoms with Gasteiger partial charge < -0.3 is 20.7 Å². The van der Waals surface area contributed by atoms with E-state index in [1.807, 2.05) is 0 Å². The number of nitrogens with one attached hydrogen (secondary N) is 1. The Morgan fingerprint density at radius 2 is 1.80 bits per heavy atom. The average molecular weight is 380 g/mol. The molecular weight excluding hydrogens is 352 g/mol. The van der Waals surface area contributed by atoms with Crippen LogP contribution in [0.1, 0.15) is 20.8 Å². The van der Waals surface area contributed by atoms with Crippen LogP contribution in [0, 0.1) is 0 Å². The number of piperazine rings is 1. The monoisotopic (exact) mass is 380 g/mol.